The molecule has 1 aliphatic heterocycles. The molecule has 8 nitrogen and oxygen atoms in total. The zero-order valence-corrected chi connectivity index (χ0v) is 21.0. The summed E-state index contributed by atoms with van der Waals surface area (Å²) in [6.07, 6.45) is 1.97. The fraction of sp³-hybridized carbons (Fsp3) is 0.652. The second-order valence-corrected chi connectivity index (χ2v) is 10.8. The average molecular weight is 467 g/mol. The highest BCUT2D eigenvalue weighted by molar-refractivity contribution is 7.89. The maximum Gasteiger partial charge on any atom is 0.251 e. The molecular formula is C23H38N4O4S. The van der Waals surface area contributed by atoms with Crippen LogP contribution < -0.4 is 5.32 Å². The zero-order chi connectivity index (χ0) is 24.1. The lowest BCUT2D eigenvalue weighted by atomic mass is 9.99. The lowest BCUT2D eigenvalue weighted by molar-refractivity contribution is -0.136. The van der Waals surface area contributed by atoms with Crippen molar-refractivity contribution in [3.8, 4) is 0 Å². The summed E-state index contributed by atoms with van der Waals surface area (Å²) >= 11 is 0. The molecule has 1 heterocycles. The van der Waals surface area contributed by atoms with Crippen LogP contribution in [0.25, 0.3) is 0 Å². The van der Waals surface area contributed by atoms with Crippen molar-refractivity contribution in [1.29, 1.82) is 0 Å². The third-order valence-electron chi connectivity index (χ3n) is 6.10. The number of carbonyl (C=O) groups is 2. The van der Waals surface area contributed by atoms with Crippen LogP contribution in [0.3, 0.4) is 0 Å². The molecule has 0 radical (unpaired) electrons. The average Bonchev–Trinajstić information content (AvgIpc) is 2.77. The summed E-state index contributed by atoms with van der Waals surface area (Å²) in [5.74, 6) is -0.643. The molecule has 2 atom stereocenters. The van der Waals surface area contributed by atoms with Crippen molar-refractivity contribution in [3.63, 3.8) is 0 Å². The lowest BCUT2D eigenvalue weighted by Crippen LogP contribution is -2.55. The Labute approximate surface area is 193 Å². The topological polar surface area (TPSA) is 90.0 Å². The number of benzene rings is 1. The number of hydrogen-bond acceptors (Lipinski definition) is 5. The van der Waals surface area contributed by atoms with Gasteiger partial charge in [0.15, 0.2) is 0 Å². The lowest BCUT2D eigenvalue weighted by Gasteiger charge is -2.38. The van der Waals surface area contributed by atoms with E-state index < -0.39 is 22.0 Å². The first-order valence-electron chi connectivity index (χ1n) is 11.4. The normalized spacial score (nSPS) is 18.3. The Bertz CT molecular complexity index is 897. The van der Waals surface area contributed by atoms with Crippen LogP contribution in [0.2, 0.25) is 0 Å². The van der Waals surface area contributed by atoms with E-state index in [0.29, 0.717) is 32.2 Å². The predicted molar refractivity (Wildman–Crippen MR) is 126 cm³/mol. The Morgan fingerprint density at radius 3 is 2.41 bits per heavy atom. The molecule has 1 N–H and O–H groups in total. The first-order valence-corrected chi connectivity index (χ1v) is 12.8. The van der Waals surface area contributed by atoms with E-state index in [1.807, 2.05) is 32.8 Å². The number of nitrogens with zero attached hydrogens (tertiary/aromatic N) is 3. The molecule has 0 aromatic heterocycles. The van der Waals surface area contributed by atoms with Crippen LogP contribution in [0.5, 0.6) is 0 Å². The standard InChI is InChI=1S/C23H38N4O4S/c1-7-27(8-2)32(30,31)20-13-9-11-18(15-20)22(28)24-21(17(3)4)23(29)26-14-10-12-19(16-26)25(5)6/h9,11,13,15,17,19,21H,7-8,10,12,14,16H2,1-6H3,(H,24,28). The number of piperidine rings is 1. The molecule has 2 unspecified atom stereocenters. The summed E-state index contributed by atoms with van der Waals surface area (Å²) in [6.45, 7) is 9.37. The molecule has 1 aliphatic rings. The highest BCUT2D eigenvalue weighted by atomic mass is 32.2. The number of rotatable bonds is 9. The summed E-state index contributed by atoms with van der Waals surface area (Å²) in [6, 6.07) is 5.63. The largest absolute Gasteiger partial charge is 0.340 e. The molecule has 2 amide bonds. The van der Waals surface area contributed by atoms with Crippen LogP contribution in [0.15, 0.2) is 29.2 Å². The minimum atomic E-state index is -3.68. The molecule has 1 saturated heterocycles. The minimum absolute atomic E-state index is 0.0751. The van der Waals surface area contributed by atoms with Crippen molar-refractivity contribution in [2.75, 3.05) is 40.3 Å². The number of sulfonamides is 1. The van der Waals surface area contributed by atoms with E-state index in [1.165, 1.54) is 16.4 Å². The van der Waals surface area contributed by atoms with Crippen molar-refractivity contribution in [2.45, 2.75) is 57.5 Å². The number of likely N-dealkylation sites (tertiary alicyclic amines) is 1. The first kappa shape index (κ1) is 26.3. The molecule has 180 valence electrons. The van der Waals surface area contributed by atoms with E-state index in [4.69, 9.17) is 0 Å². The number of nitrogens with one attached hydrogen (secondary N) is 1. The second kappa shape index (κ2) is 11.2. The monoisotopic (exact) mass is 466 g/mol. The van der Waals surface area contributed by atoms with Gasteiger partial charge in [-0.25, -0.2) is 8.42 Å². The third-order valence-corrected chi connectivity index (χ3v) is 8.14. The van der Waals surface area contributed by atoms with E-state index in [9.17, 15) is 18.0 Å². The molecule has 32 heavy (non-hydrogen) atoms. The van der Waals surface area contributed by atoms with E-state index in [0.717, 1.165) is 12.8 Å². The van der Waals surface area contributed by atoms with Crippen LogP contribution >= 0.6 is 0 Å². The molecule has 0 bridgehead atoms. The Kier molecular flexibility index (Phi) is 9.24. The number of likely N-dealkylation sites (N-methyl/N-ethyl adjacent to an activating group) is 1. The van der Waals surface area contributed by atoms with Gasteiger partial charge in [0.05, 0.1) is 4.90 Å². The van der Waals surface area contributed by atoms with Gasteiger partial charge in [-0.1, -0.05) is 33.8 Å². The smallest absolute Gasteiger partial charge is 0.251 e. The van der Waals surface area contributed by atoms with Crippen molar-refractivity contribution < 1.29 is 18.0 Å². The maximum absolute atomic E-state index is 13.3. The quantitative estimate of drug-likeness (QED) is 0.601. The maximum atomic E-state index is 13.3. The van der Waals surface area contributed by atoms with Gasteiger partial charge in [-0.3, -0.25) is 9.59 Å². The fourth-order valence-corrected chi connectivity index (χ4v) is 5.53. The predicted octanol–water partition coefficient (Wildman–Crippen LogP) is 2.02. The number of hydrogen-bond donors (Lipinski definition) is 1. The van der Waals surface area contributed by atoms with Gasteiger partial charge in [0.25, 0.3) is 5.91 Å². The van der Waals surface area contributed by atoms with Crippen LogP contribution in [0.4, 0.5) is 0 Å². The molecular weight excluding hydrogens is 428 g/mol. The van der Waals surface area contributed by atoms with E-state index in [1.54, 1.807) is 26.0 Å². The first-order chi connectivity index (χ1) is 15.0. The highest BCUT2D eigenvalue weighted by Gasteiger charge is 2.32. The summed E-state index contributed by atoms with van der Waals surface area (Å²) in [7, 11) is 0.351. The molecule has 0 aliphatic carbocycles. The van der Waals surface area contributed by atoms with Gasteiger partial charge in [0, 0.05) is 37.8 Å². The van der Waals surface area contributed by atoms with E-state index in [2.05, 4.69) is 10.2 Å². The van der Waals surface area contributed by atoms with Crippen LogP contribution in [-0.4, -0.2) is 86.7 Å². The van der Waals surface area contributed by atoms with Crippen LogP contribution in [0.1, 0.15) is 50.9 Å². The Morgan fingerprint density at radius 2 is 1.84 bits per heavy atom. The Balaban J connectivity index is 2.21. The van der Waals surface area contributed by atoms with E-state index >= 15 is 0 Å². The van der Waals surface area contributed by atoms with Crippen LogP contribution in [-0.2, 0) is 14.8 Å². The molecule has 9 heteroatoms. The molecule has 2 rings (SSSR count). The van der Waals surface area contributed by atoms with Gasteiger partial charge in [-0.15, -0.1) is 0 Å². The molecule has 1 aromatic carbocycles. The third kappa shape index (κ3) is 6.08. The molecule has 1 fully saturated rings. The minimum Gasteiger partial charge on any atom is -0.340 e. The summed E-state index contributed by atoms with van der Waals surface area (Å²) in [5, 5.41) is 2.86. The number of amides is 2. The SMILES string of the molecule is CCN(CC)S(=O)(=O)c1cccc(C(=O)NC(C(=O)N2CCCC(N(C)C)C2)C(C)C)c1. The van der Waals surface area contributed by atoms with Gasteiger partial charge < -0.3 is 15.1 Å². The second-order valence-electron chi connectivity index (χ2n) is 8.86. The van der Waals surface area contributed by atoms with Crippen molar-refractivity contribution in [1.82, 2.24) is 19.4 Å². The van der Waals surface area contributed by atoms with E-state index in [-0.39, 0.29) is 22.3 Å². The fourth-order valence-electron chi connectivity index (χ4n) is 4.02. The van der Waals surface area contributed by atoms with Gasteiger partial charge in [-0.05, 0) is 51.1 Å². The van der Waals surface area contributed by atoms with Crippen molar-refractivity contribution in [2.24, 2.45) is 5.92 Å². The molecule has 0 spiro atoms. The summed E-state index contributed by atoms with van der Waals surface area (Å²) < 4.78 is 27.0. The van der Waals surface area contributed by atoms with Gasteiger partial charge in [0.1, 0.15) is 6.04 Å². The van der Waals surface area contributed by atoms with Crippen molar-refractivity contribution >= 4 is 21.8 Å². The van der Waals surface area contributed by atoms with Gasteiger partial charge in [-0.2, -0.15) is 4.31 Å². The van der Waals surface area contributed by atoms with Gasteiger partial charge >= 0.3 is 0 Å². The van der Waals surface area contributed by atoms with Gasteiger partial charge in [0.2, 0.25) is 15.9 Å². The molecule has 0 saturated carbocycles. The molecule has 1 aromatic rings. The Hall–Kier alpha value is -1.97. The number of carbonyl (C=O) groups excluding carboxylic acids is 2. The highest BCUT2D eigenvalue weighted by Crippen LogP contribution is 2.19. The van der Waals surface area contributed by atoms with Crippen LogP contribution in [0, 0.1) is 5.92 Å². The summed E-state index contributed by atoms with van der Waals surface area (Å²) in [4.78, 5) is 30.3. The Morgan fingerprint density at radius 1 is 1.19 bits per heavy atom. The zero-order valence-electron chi connectivity index (χ0n) is 20.2. The summed E-state index contributed by atoms with van der Waals surface area (Å²) in [5.41, 5.74) is 0.224. The van der Waals surface area contributed by atoms with Crippen molar-refractivity contribution in [3.05, 3.63) is 29.8 Å².